The molecule has 1 aromatic heterocycles. The van der Waals surface area contributed by atoms with Crippen LogP contribution >= 0.6 is 0 Å². The number of aromatic nitrogens is 1. The Bertz CT molecular complexity index is 1260. The molecular weight excluding hydrogens is 586 g/mol. The quantitative estimate of drug-likeness (QED) is 0.0881. The van der Waals surface area contributed by atoms with Gasteiger partial charge in [-0.15, -0.1) is 0 Å². The molecule has 0 spiro atoms. The predicted octanol–water partition coefficient (Wildman–Crippen LogP) is -0.803. The second-order valence-electron chi connectivity index (χ2n) is 11.8. The molecule has 0 aliphatic heterocycles. The molecule has 0 saturated carbocycles. The summed E-state index contributed by atoms with van der Waals surface area (Å²) in [7, 11) is 1.54. The van der Waals surface area contributed by atoms with Crippen LogP contribution in [-0.4, -0.2) is 95.5 Å². The van der Waals surface area contributed by atoms with E-state index in [1.54, 1.807) is 56.9 Å². The van der Waals surface area contributed by atoms with Gasteiger partial charge in [-0.2, -0.15) is 0 Å². The van der Waals surface area contributed by atoms with Crippen LogP contribution in [-0.2, 0) is 16.6 Å². The zero-order chi connectivity index (χ0) is 33.0. The van der Waals surface area contributed by atoms with Gasteiger partial charge in [0, 0.05) is 20.3 Å². The van der Waals surface area contributed by atoms with Crippen molar-refractivity contribution in [1.29, 1.82) is 0 Å². The maximum absolute atomic E-state index is 13.0. The molecule has 17 heteroatoms. The standard InChI is InChI=1S/C22H31BN5O6.C5H12N3O.Al.H/c1-14(2)7-19(23(33)34)27-21(31)11-24-20(30)9-15-5-4-6-16(8-15)26-22(32)18-10-17(25-13-29)12-28(18)3;1-4(2)7-5(9)8-6-3;;/h4-5,8,10,12,14,16,19,33-34H,6-7,9,11H2,1-3H3,(H,24,30)(H,25,29)(H,26,32)(H,27,31);6H,1-3H3,(H2,7,8,9);;. The molecule has 240 valence electrons. The number of hydrogen-bond donors (Lipinski definition) is 9. The molecule has 1 aliphatic carbocycles. The summed E-state index contributed by atoms with van der Waals surface area (Å²) in [6.07, 6.45) is 7.90. The summed E-state index contributed by atoms with van der Waals surface area (Å²) in [5.74, 6) is -2.01. The maximum Gasteiger partial charge on any atom is 0.475 e. The van der Waals surface area contributed by atoms with Gasteiger partial charge in [0.05, 0.1) is 30.6 Å². The van der Waals surface area contributed by atoms with Crippen LogP contribution in [0.2, 0.25) is 0 Å². The molecular formula is C27H44AlBN8O7. The van der Waals surface area contributed by atoms with Crippen molar-refractivity contribution in [3.8, 4) is 0 Å². The fourth-order valence-electron chi connectivity index (χ4n) is 4.62. The summed E-state index contributed by atoms with van der Waals surface area (Å²) in [5, 5.41) is 32.4. The number of carbonyl (C=O) groups is 5. The summed E-state index contributed by atoms with van der Waals surface area (Å²) < 4.78 is 0.695. The van der Waals surface area contributed by atoms with Crippen LogP contribution in [0.25, 0.3) is 0 Å². The van der Waals surface area contributed by atoms with E-state index in [-0.39, 0.29) is 35.6 Å². The number of amides is 6. The maximum atomic E-state index is 13.0. The van der Waals surface area contributed by atoms with Gasteiger partial charge in [0.15, 0.2) is 0 Å². The number of nitrogens with zero attached hydrogens (tertiary/aromatic N) is 1. The number of allylic oxidation sites excluding steroid dienone is 1. The molecule has 0 saturated heterocycles. The lowest BCUT2D eigenvalue weighted by Crippen LogP contribution is -2.56. The van der Waals surface area contributed by atoms with Crippen LogP contribution in [0.15, 0.2) is 36.1 Å². The Balaban J connectivity index is 1.89. The van der Waals surface area contributed by atoms with Gasteiger partial charge in [-0.3, -0.25) is 24.6 Å². The largest absolute Gasteiger partial charge is 0.475 e. The minimum absolute atomic E-state index is 0.0136. The molecule has 6 amide bonds. The van der Waals surface area contributed by atoms with E-state index < -0.39 is 50.5 Å². The van der Waals surface area contributed by atoms with Crippen LogP contribution in [0.4, 0.5) is 15.3 Å². The van der Waals surface area contributed by atoms with Gasteiger partial charge in [-0.05, 0) is 34.8 Å². The number of hydrazine groups is 1. The summed E-state index contributed by atoms with van der Waals surface area (Å²) in [5.41, 5.74) is 6.36. The average Bonchev–Trinajstić information content (AvgIpc) is 3.25. The van der Waals surface area contributed by atoms with E-state index in [1.165, 1.54) is 0 Å². The summed E-state index contributed by atoms with van der Waals surface area (Å²) >= 11 is -1.47. The van der Waals surface area contributed by atoms with Crippen LogP contribution in [0, 0.1) is 5.92 Å². The Morgan fingerprint density at radius 2 is 1.86 bits per heavy atom. The predicted molar refractivity (Wildman–Crippen MR) is 169 cm³/mol. The van der Waals surface area contributed by atoms with Gasteiger partial charge in [0.2, 0.25) is 11.8 Å². The number of nitrogens with one attached hydrogen (secondary N) is 7. The Hall–Kier alpha value is -3.61. The van der Waals surface area contributed by atoms with Crippen molar-refractivity contribution >= 4 is 56.5 Å². The third-order valence-electron chi connectivity index (χ3n) is 6.51. The molecule has 44 heavy (non-hydrogen) atoms. The van der Waals surface area contributed by atoms with Gasteiger partial charge in [-0.1, -0.05) is 45.9 Å². The fourth-order valence-corrected chi connectivity index (χ4v) is 5.96. The van der Waals surface area contributed by atoms with Gasteiger partial charge in [0.25, 0.3) is 5.91 Å². The summed E-state index contributed by atoms with van der Waals surface area (Å²) in [4.78, 5) is 62.1. The third kappa shape index (κ3) is 12.9. The highest BCUT2D eigenvalue weighted by Crippen LogP contribution is 2.17. The van der Waals surface area contributed by atoms with E-state index in [4.69, 9.17) is 0 Å². The van der Waals surface area contributed by atoms with Crippen LogP contribution in [0.1, 0.15) is 57.4 Å². The molecule has 0 radical (unpaired) electrons. The smallest absolute Gasteiger partial charge is 0.426 e. The van der Waals surface area contributed by atoms with Crippen molar-refractivity contribution < 1.29 is 34.0 Å². The van der Waals surface area contributed by atoms with Crippen molar-refractivity contribution in [3.05, 3.63) is 41.8 Å². The third-order valence-corrected chi connectivity index (χ3v) is 8.07. The minimum atomic E-state index is -1.71. The first-order valence-corrected chi connectivity index (χ1v) is 15.8. The Labute approximate surface area is 263 Å². The number of urea groups is 1. The molecule has 2 atom stereocenters. The van der Waals surface area contributed by atoms with Crippen LogP contribution < -0.4 is 37.4 Å². The van der Waals surface area contributed by atoms with Crippen LogP contribution in [0.5, 0.6) is 0 Å². The SMILES string of the molecule is CNNC(=O)N[C](C)(C)[AlH][C](=O)Nc1cc(C(=O)NC2C=C(CC(=O)NCC(=O)NC(CC(C)C)B(O)O)C=CC2)n(C)c1. The zero-order valence-corrected chi connectivity index (χ0v) is 27.5. The first kappa shape index (κ1) is 36.6. The molecule has 1 aliphatic rings. The van der Waals surface area contributed by atoms with Crippen molar-refractivity contribution in [3.63, 3.8) is 0 Å². The van der Waals surface area contributed by atoms with E-state index >= 15 is 0 Å². The van der Waals surface area contributed by atoms with Gasteiger partial charge in [-0.25, -0.2) is 10.2 Å². The molecule has 2 rings (SSSR count). The molecule has 0 aromatic carbocycles. The molecule has 1 aromatic rings. The van der Waals surface area contributed by atoms with E-state index in [0.29, 0.717) is 29.8 Å². The molecule has 1 heterocycles. The van der Waals surface area contributed by atoms with Crippen molar-refractivity contribution in [2.24, 2.45) is 13.0 Å². The normalized spacial score (nSPS) is 15.0. The number of anilines is 1. The highest BCUT2D eigenvalue weighted by atomic mass is 27.1. The van der Waals surface area contributed by atoms with Gasteiger partial charge < -0.3 is 41.2 Å². The van der Waals surface area contributed by atoms with Crippen molar-refractivity contribution in [2.75, 3.05) is 18.9 Å². The molecule has 0 fully saturated rings. The highest BCUT2D eigenvalue weighted by molar-refractivity contribution is 6.78. The first-order valence-electron chi connectivity index (χ1n) is 14.4. The van der Waals surface area contributed by atoms with E-state index in [0.717, 1.165) is 0 Å². The lowest BCUT2D eigenvalue weighted by molar-refractivity contribution is -0.126. The minimum Gasteiger partial charge on any atom is -0.426 e. The molecule has 9 N–H and O–H groups in total. The second-order valence-corrected chi connectivity index (χ2v) is 14.6. The molecule has 15 nitrogen and oxygen atoms in total. The monoisotopic (exact) mass is 630 g/mol. The van der Waals surface area contributed by atoms with E-state index in [2.05, 4.69) is 37.4 Å². The van der Waals surface area contributed by atoms with Crippen molar-refractivity contribution in [2.45, 2.75) is 63.3 Å². The molecule has 2 unspecified atom stereocenters. The Morgan fingerprint density at radius 3 is 2.50 bits per heavy atom. The lowest BCUT2D eigenvalue weighted by Gasteiger charge is -2.24. The lowest BCUT2D eigenvalue weighted by atomic mass is 9.75. The Kier molecular flexibility index (Phi) is 14.2. The van der Waals surface area contributed by atoms with Gasteiger partial charge >= 0.3 is 28.4 Å². The van der Waals surface area contributed by atoms with Gasteiger partial charge in [0.1, 0.15) is 10.5 Å². The molecule has 0 bridgehead atoms. The number of hydrogen-bond acceptors (Lipinski definition) is 8. The van der Waals surface area contributed by atoms with Crippen LogP contribution in [0.3, 0.4) is 0 Å². The number of carbonyl (C=O) groups excluding carboxylic acids is 5. The fraction of sp³-hybridized carbons (Fsp3) is 0.519. The first-order chi connectivity index (χ1) is 20.6. The summed E-state index contributed by atoms with van der Waals surface area (Å²) in [6.45, 7) is 7.01. The zero-order valence-electron chi connectivity index (χ0n) is 26.1. The number of aryl methyl sites for hydroxylation is 1. The number of rotatable bonds is 15. The second kappa shape index (κ2) is 17.0. The highest BCUT2D eigenvalue weighted by Gasteiger charge is 2.29. The topological polar surface area (TPSA) is 215 Å². The van der Waals surface area contributed by atoms with E-state index in [1.807, 2.05) is 19.9 Å². The summed E-state index contributed by atoms with van der Waals surface area (Å²) in [6, 6.07) is 0.752. The Morgan fingerprint density at radius 1 is 1.16 bits per heavy atom. The average molecular weight is 630 g/mol. The van der Waals surface area contributed by atoms with Crippen molar-refractivity contribution in [1.82, 2.24) is 36.7 Å². The van der Waals surface area contributed by atoms with E-state index in [9.17, 15) is 34.0 Å².